The predicted octanol–water partition coefficient (Wildman–Crippen LogP) is 1.04. The molecule has 1 aromatic rings. The molecular formula is C13H20N4O3. The Morgan fingerprint density at radius 1 is 1.45 bits per heavy atom. The Labute approximate surface area is 117 Å². The zero-order valence-corrected chi connectivity index (χ0v) is 12.0. The zero-order chi connectivity index (χ0) is 14.9. The van der Waals surface area contributed by atoms with Gasteiger partial charge in [0.05, 0.1) is 0 Å². The van der Waals surface area contributed by atoms with Crippen molar-refractivity contribution in [1.29, 1.82) is 0 Å². The lowest BCUT2D eigenvalue weighted by atomic mass is 9.96. The summed E-state index contributed by atoms with van der Waals surface area (Å²) >= 11 is 0. The van der Waals surface area contributed by atoms with E-state index in [0.717, 1.165) is 0 Å². The molecule has 7 nitrogen and oxygen atoms in total. The lowest BCUT2D eigenvalue weighted by molar-refractivity contribution is -0.138. The maximum atomic E-state index is 12.3. The van der Waals surface area contributed by atoms with E-state index in [-0.39, 0.29) is 29.5 Å². The first-order chi connectivity index (χ1) is 9.27. The van der Waals surface area contributed by atoms with Crippen molar-refractivity contribution in [3.05, 3.63) is 11.6 Å². The number of amides is 1. The van der Waals surface area contributed by atoms with Crippen LogP contribution in [0.1, 0.15) is 50.1 Å². The van der Waals surface area contributed by atoms with E-state index in [1.165, 1.54) is 0 Å². The SMILES string of the molecule is CC(C)(C)c1nc(C(=O)N2CCC(CC(=O)O)C2)n[nH]1. The molecule has 1 saturated heterocycles. The molecule has 0 aliphatic carbocycles. The zero-order valence-electron chi connectivity index (χ0n) is 12.0. The molecule has 1 aliphatic rings. The molecule has 0 spiro atoms. The maximum Gasteiger partial charge on any atom is 0.303 e. The van der Waals surface area contributed by atoms with Crippen LogP contribution in [0.5, 0.6) is 0 Å². The Balaban J connectivity index is 2.02. The van der Waals surface area contributed by atoms with E-state index in [0.29, 0.717) is 25.3 Å². The van der Waals surface area contributed by atoms with Crippen LogP contribution in [0.25, 0.3) is 0 Å². The van der Waals surface area contributed by atoms with Gasteiger partial charge in [-0.1, -0.05) is 20.8 Å². The van der Waals surface area contributed by atoms with Gasteiger partial charge in [-0.25, -0.2) is 4.98 Å². The van der Waals surface area contributed by atoms with E-state index < -0.39 is 5.97 Å². The Kier molecular flexibility index (Phi) is 3.78. The predicted molar refractivity (Wildman–Crippen MR) is 71.3 cm³/mol. The second-order valence-corrected chi connectivity index (χ2v) is 6.26. The van der Waals surface area contributed by atoms with Gasteiger partial charge in [0.2, 0.25) is 5.82 Å². The normalized spacial score (nSPS) is 19.4. The van der Waals surface area contributed by atoms with Crippen molar-refractivity contribution in [2.24, 2.45) is 5.92 Å². The number of aromatic nitrogens is 3. The number of hydrogen-bond acceptors (Lipinski definition) is 4. The number of H-pyrrole nitrogens is 1. The molecule has 1 atom stereocenters. The van der Waals surface area contributed by atoms with Gasteiger partial charge in [0.1, 0.15) is 5.82 Å². The molecule has 0 aromatic carbocycles. The minimum absolute atomic E-state index is 0.0254. The van der Waals surface area contributed by atoms with E-state index in [2.05, 4.69) is 15.2 Å². The topological polar surface area (TPSA) is 99.2 Å². The summed E-state index contributed by atoms with van der Waals surface area (Å²) in [6.45, 7) is 6.99. The first-order valence-electron chi connectivity index (χ1n) is 6.71. The second-order valence-electron chi connectivity index (χ2n) is 6.26. The van der Waals surface area contributed by atoms with E-state index in [4.69, 9.17) is 5.11 Å². The lowest BCUT2D eigenvalue weighted by Crippen LogP contribution is -2.30. The van der Waals surface area contributed by atoms with Crippen LogP contribution in [0.2, 0.25) is 0 Å². The number of aromatic amines is 1. The van der Waals surface area contributed by atoms with Gasteiger partial charge in [0.25, 0.3) is 5.91 Å². The Bertz CT molecular complexity index is 518. The van der Waals surface area contributed by atoms with Crippen molar-refractivity contribution < 1.29 is 14.7 Å². The molecule has 7 heteroatoms. The molecule has 1 aromatic heterocycles. The third kappa shape index (κ3) is 3.15. The van der Waals surface area contributed by atoms with Gasteiger partial charge < -0.3 is 10.0 Å². The molecule has 0 bridgehead atoms. The number of nitrogens with zero attached hydrogens (tertiary/aromatic N) is 3. The largest absolute Gasteiger partial charge is 0.481 e. The minimum atomic E-state index is -0.822. The molecule has 2 rings (SSSR count). The molecule has 1 fully saturated rings. The van der Waals surface area contributed by atoms with Crippen LogP contribution in [0.3, 0.4) is 0 Å². The number of nitrogens with one attached hydrogen (secondary N) is 1. The minimum Gasteiger partial charge on any atom is -0.481 e. The van der Waals surface area contributed by atoms with Crippen molar-refractivity contribution in [3.8, 4) is 0 Å². The van der Waals surface area contributed by atoms with E-state index >= 15 is 0 Å². The third-order valence-electron chi connectivity index (χ3n) is 3.42. The first-order valence-corrected chi connectivity index (χ1v) is 6.71. The number of hydrogen-bond donors (Lipinski definition) is 2. The maximum absolute atomic E-state index is 12.3. The van der Waals surface area contributed by atoms with Crippen LogP contribution >= 0.6 is 0 Å². The fraction of sp³-hybridized carbons (Fsp3) is 0.692. The lowest BCUT2D eigenvalue weighted by Gasteiger charge is -2.14. The summed E-state index contributed by atoms with van der Waals surface area (Å²) in [4.78, 5) is 28.8. The van der Waals surface area contributed by atoms with Crippen molar-refractivity contribution >= 4 is 11.9 Å². The number of carbonyl (C=O) groups is 2. The molecule has 0 radical (unpaired) electrons. The number of carboxylic acid groups (broad SMARTS) is 1. The van der Waals surface area contributed by atoms with E-state index in [9.17, 15) is 9.59 Å². The summed E-state index contributed by atoms with van der Waals surface area (Å²) in [7, 11) is 0. The number of likely N-dealkylation sites (tertiary alicyclic amines) is 1. The molecule has 110 valence electrons. The summed E-state index contributed by atoms with van der Waals surface area (Å²) in [5.74, 6) is -0.202. The third-order valence-corrected chi connectivity index (χ3v) is 3.42. The van der Waals surface area contributed by atoms with Gasteiger partial charge in [0.15, 0.2) is 0 Å². The second kappa shape index (κ2) is 5.22. The average molecular weight is 280 g/mol. The summed E-state index contributed by atoms with van der Waals surface area (Å²) in [5.41, 5.74) is -0.192. The summed E-state index contributed by atoms with van der Waals surface area (Å²) in [6.07, 6.45) is 0.819. The standard InChI is InChI=1S/C13H20N4O3/c1-13(2,3)12-14-10(15-16-12)11(20)17-5-4-8(7-17)6-9(18)19/h8H,4-7H2,1-3H3,(H,18,19)(H,14,15,16). The van der Waals surface area contributed by atoms with Gasteiger partial charge in [-0.2, -0.15) is 0 Å². The fourth-order valence-electron chi connectivity index (χ4n) is 2.26. The van der Waals surface area contributed by atoms with Gasteiger partial charge in [-0.3, -0.25) is 14.7 Å². The van der Waals surface area contributed by atoms with Gasteiger partial charge in [-0.15, -0.1) is 5.10 Å². The highest BCUT2D eigenvalue weighted by molar-refractivity contribution is 5.90. The van der Waals surface area contributed by atoms with Crippen LogP contribution in [0.15, 0.2) is 0 Å². The summed E-state index contributed by atoms with van der Waals surface area (Å²) < 4.78 is 0. The Morgan fingerprint density at radius 3 is 2.70 bits per heavy atom. The van der Waals surface area contributed by atoms with Crippen molar-refractivity contribution in [1.82, 2.24) is 20.1 Å². The number of aliphatic carboxylic acids is 1. The number of carbonyl (C=O) groups excluding carboxylic acids is 1. The smallest absolute Gasteiger partial charge is 0.303 e. The first kappa shape index (κ1) is 14.5. The highest BCUT2D eigenvalue weighted by atomic mass is 16.4. The highest BCUT2D eigenvalue weighted by Crippen LogP contribution is 2.22. The van der Waals surface area contributed by atoms with Crippen molar-refractivity contribution in [2.45, 2.75) is 39.0 Å². The average Bonchev–Trinajstić information content (AvgIpc) is 2.94. The summed E-state index contributed by atoms with van der Waals surface area (Å²) in [5, 5.41) is 15.5. The molecule has 20 heavy (non-hydrogen) atoms. The fourth-order valence-corrected chi connectivity index (χ4v) is 2.26. The van der Waals surface area contributed by atoms with Crippen LogP contribution in [-0.4, -0.2) is 50.2 Å². The van der Waals surface area contributed by atoms with Crippen molar-refractivity contribution in [3.63, 3.8) is 0 Å². The van der Waals surface area contributed by atoms with Crippen LogP contribution in [0.4, 0.5) is 0 Å². The van der Waals surface area contributed by atoms with Gasteiger partial charge >= 0.3 is 5.97 Å². The molecule has 0 saturated carbocycles. The molecule has 1 amide bonds. The molecule has 2 heterocycles. The molecule has 1 unspecified atom stereocenters. The highest BCUT2D eigenvalue weighted by Gasteiger charge is 2.31. The quantitative estimate of drug-likeness (QED) is 0.861. The Morgan fingerprint density at radius 2 is 2.15 bits per heavy atom. The molecule has 1 aliphatic heterocycles. The van der Waals surface area contributed by atoms with Crippen LogP contribution in [0, 0.1) is 5.92 Å². The van der Waals surface area contributed by atoms with Gasteiger partial charge in [0, 0.05) is 24.9 Å². The number of carboxylic acids is 1. The van der Waals surface area contributed by atoms with Crippen LogP contribution < -0.4 is 0 Å². The van der Waals surface area contributed by atoms with Crippen molar-refractivity contribution in [2.75, 3.05) is 13.1 Å². The monoisotopic (exact) mass is 280 g/mol. The molecular weight excluding hydrogens is 260 g/mol. The van der Waals surface area contributed by atoms with E-state index in [1.807, 2.05) is 20.8 Å². The van der Waals surface area contributed by atoms with Crippen LogP contribution in [-0.2, 0) is 10.2 Å². The molecule has 2 N–H and O–H groups in total. The van der Waals surface area contributed by atoms with E-state index in [1.54, 1.807) is 4.90 Å². The summed E-state index contributed by atoms with van der Waals surface area (Å²) in [6, 6.07) is 0. The van der Waals surface area contributed by atoms with Gasteiger partial charge in [-0.05, 0) is 12.3 Å². The number of rotatable bonds is 3. The Hall–Kier alpha value is -1.92.